The highest BCUT2D eigenvalue weighted by Gasteiger charge is 2.01. The summed E-state index contributed by atoms with van der Waals surface area (Å²) in [6, 6.07) is 15.2. The van der Waals surface area contributed by atoms with E-state index in [1.807, 2.05) is 48.5 Å². The van der Waals surface area contributed by atoms with Crippen molar-refractivity contribution in [3.05, 3.63) is 70.2 Å². The fourth-order valence-electron chi connectivity index (χ4n) is 1.70. The highest BCUT2D eigenvalue weighted by molar-refractivity contribution is 9.10. The maximum Gasteiger partial charge on any atom is 0.328 e. The van der Waals surface area contributed by atoms with E-state index < -0.39 is 5.97 Å². The standard InChI is InChI=1S/C16H13BrO3/c17-14-6-3-4-12(10-14)11-20-15-7-2-1-5-13(15)8-9-16(18)19/h1-10H,11H2,(H,18,19). The second-order valence-corrected chi connectivity index (χ2v) is 5.04. The average molecular weight is 333 g/mol. The van der Waals surface area contributed by atoms with Gasteiger partial charge in [0.15, 0.2) is 0 Å². The van der Waals surface area contributed by atoms with Crippen LogP contribution in [0.1, 0.15) is 11.1 Å². The molecule has 0 aromatic heterocycles. The summed E-state index contributed by atoms with van der Waals surface area (Å²) in [4.78, 5) is 10.6. The molecule has 0 spiro atoms. The van der Waals surface area contributed by atoms with Gasteiger partial charge in [-0.25, -0.2) is 4.79 Å². The molecular formula is C16H13BrO3. The minimum absolute atomic E-state index is 0.428. The van der Waals surface area contributed by atoms with Crippen molar-refractivity contribution in [1.82, 2.24) is 0 Å². The highest BCUT2D eigenvalue weighted by atomic mass is 79.9. The Bertz CT molecular complexity index is 635. The molecule has 0 heterocycles. The normalized spacial score (nSPS) is 10.7. The van der Waals surface area contributed by atoms with E-state index in [0.717, 1.165) is 21.7 Å². The number of carboxylic acid groups (broad SMARTS) is 1. The Balaban J connectivity index is 2.11. The Morgan fingerprint density at radius 1 is 1.20 bits per heavy atom. The van der Waals surface area contributed by atoms with Gasteiger partial charge in [0.05, 0.1) is 0 Å². The van der Waals surface area contributed by atoms with E-state index >= 15 is 0 Å². The molecule has 0 fully saturated rings. The molecule has 0 unspecified atom stereocenters. The van der Waals surface area contributed by atoms with Crippen LogP contribution in [-0.4, -0.2) is 11.1 Å². The lowest BCUT2D eigenvalue weighted by Crippen LogP contribution is -1.97. The topological polar surface area (TPSA) is 46.5 Å². The lowest BCUT2D eigenvalue weighted by Gasteiger charge is -2.09. The quantitative estimate of drug-likeness (QED) is 0.837. The Labute approximate surface area is 125 Å². The number of hydrogen-bond donors (Lipinski definition) is 1. The summed E-state index contributed by atoms with van der Waals surface area (Å²) in [5.41, 5.74) is 1.78. The molecule has 2 aromatic rings. The van der Waals surface area contributed by atoms with Crippen molar-refractivity contribution < 1.29 is 14.6 Å². The number of carbonyl (C=O) groups is 1. The minimum Gasteiger partial charge on any atom is -0.488 e. The van der Waals surface area contributed by atoms with E-state index in [9.17, 15) is 4.79 Å². The van der Waals surface area contributed by atoms with Gasteiger partial charge < -0.3 is 9.84 Å². The van der Waals surface area contributed by atoms with Crippen molar-refractivity contribution in [2.45, 2.75) is 6.61 Å². The number of rotatable bonds is 5. The van der Waals surface area contributed by atoms with E-state index in [-0.39, 0.29) is 0 Å². The van der Waals surface area contributed by atoms with E-state index in [1.54, 1.807) is 0 Å². The van der Waals surface area contributed by atoms with Crippen LogP contribution in [0.4, 0.5) is 0 Å². The third-order valence-electron chi connectivity index (χ3n) is 2.61. The first-order valence-electron chi connectivity index (χ1n) is 6.02. The van der Waals surface area contributed by atoms with Crippen LogP contribution in [0.2, 0.25) is 0 Å². The number of hydrogen-bond acceptors (Lipinski definition) is 2. The number of halogens is 1. The van der Waals surface area contributed by atoms with Crippen LogP contribution in [0, 0.1) is 0 Å². The molecule has 0 saturated heterocycles. The molecule has 0 amide bonds. The molecule has 0 aliphatic rings. The van der Waals surface area contributed by atoms with Crippen LogP contribution in [0.25, 0.3) is 6.08 Å². The van der Waals surface area contributed by atoms with Gasteiger partial charge in [-0.15, -0.1) is 0 Å². The van der Waals surface area contributed by atoms with Crippen molar-refractivity contribution in [2.75, 3.05) is 0 Å². The Hall–Kier alpha value is -2.07. The number of benzene rings is 2. The second-order valence-electron chi connectivity index (χ2n) is 4.13. The van der Waals surface area contributed by atoms with Crippen LogP contribution >= 0.6 is 15.9 Å². The molecule has 2 aromatic carbocycles. The summed E-state index contributed by atoms with van der Waals surface area (Å²) in [5, 5.41) is 8.67. The number of aliphatic carboxylic acids is 1. The van der Waals surface area contributed by atoms with Crippen molar-refractivity contribution in [2.24, 2.45) is 0 Å². The zero-order valence-corrected chi connectivity index (χ0v) is 12.2. The largest absolute Gasteiger partial charge is 0.488 e. The second kappa shape index (κ2) is 6.91. The van der Waals surface area contributed by atoms with Crippen LogP contribution in [0.3, 0.4) is 0 Å². The summed E-state index contributed by atoms with van der Waals surface area (Å²) in [7, 11) is 0. The SMILES string of the molecule is O=C(O)C=Cc1ccccc1OCc1cccc(Br)c1. The van der Waals surface area contributed by atoms with E-state index in [0.29, 0.717) is 12.4 Å². The third kappa shape index (κ3) is 4.24. The van der Waals surface area contributed by atoms with Gasteiger partial charge in [-0.05, 0) is 29.8 Å². The first-order valence-corrected chi connectivity index (χ1v) is 6.82. The molecular weight excluding hydrogens is 320 g/mol. The summed E-state index contributed by atoms with van der Waals surface area (Å²) in [5.74, 6) is -0.322. The van der Waals surface area contributed by atoms with Gasteiger partial charge >= 0.3 is 5.97 Å². The number of para-hydroxylation sites is 1. The first-order chi connectivity index (χ1) is 9.65. The fourth-order valence-corrected chi connectivity index (χ4v) is 2.15. The average Bonchev–Trinajstić information content (AvgIpc) is 2.44. The van der Waals surface area contributed by atoms with Gasteiger partial charge in [-0.2, -0.15) is 0 Å². The van der Waals surface area contributed by atoms with Gasteiger partial charge in [0, 0.05) is 16.1 Å². The van der Waals surface area contributed by atoms with Crippen molar-refractivity contribution in [3.63, 3.8) is 0 Å². The lowest BCUT2D eigenvalue weighted by atomic mass is 10.2. The van der Waals surface area contributed by atoms with Gasteiger partial charge in [0.1, 0.15) is 12.4 Å². The summed E-state index contributed by atoms with van der Waals surface area (Å²) < 4.78 is 6.74. The molecule has 0 aliphatic carbocycles. The van der Waals surface area contributed by atoms with Crippen LogP contribution in [0.5, 0.6) is 5.75 Å². The molecule has 0 saturated carbocycles. The Morgan fingerprint density at radius 3 is 2.75 bits per heavy atom. The fraction of sp³-hybridized carbons (Fsp3) is 0.0625. The molecule has 1 N–H and O–H groups in total. The molecule has 0 radical (unpaired) electrons. The van der Waals surface area contributed by atoms with Crippen LogP contribution in [-0.2, 0) is 11.4 Å². The smallest absolute Gasteiger partial charge is 0.328 e. The van der Waals surface area contributed by atoms with E-state index in [1.165, 1.54) is 6.08 Å². The third-order valence-corrected chi connectivity index (χ3v) is 3.10. The molecule has 102 valence electrons. The predicted octanol–water partition coefficient (Wildman–Crippen LogP) is 4.13. The summed E-state index contributed by atoms with van der Waals surface area (Å²) in [6.45, 7) is 0.428. The highest BCUT2D eigenvalue weighted by Crippen LogP contribution is 2.21. The predicted molar refractivity (Wildman–Crippen MR) is 81.6 cm³/mol. The molecule has 3 nitrogen and oxygen atoms in total. The number of ether oxygens (including phenoxy) is 1. The van der Waals surface area contributed by atoms with Crippen molar-refractivity contribution in [1.29, 1.82) is 0 Å². The maximum atomic E-state index is 10.6. The van der Waals surface area contributed by atoms with Crippen LogP contribution < -0.4 is 4.74 Å². The van der Waals surface area contributed by atoms with Crippen molar-refractivity contribution in [3.8, 4) is 5.75 Å². The summed E-state index contributed by atoms with van der Waals surface area (Å²) >= 11 is 3.41. The lowest BCUT2D eigenvalue weighted by molar-refractivity contribution is -0.131. The van der Waals surface area contributed by atoms with Gasteiger partial charge in [-0.1, -0.05) is 46.3 Å². The van der Waals surface area contributed by atoms with Crippen LogP contribution in [0.15, 0.2) is 59.1 Å². The zero-order valence-electron chi connectivity index (χ0n) is 10.6. The van der Waals surface area contributed by atoms with Gasteiger partial charge in [-0.3, -0.25) is 0 Å². The minimum atomic E-state index is -0.980. The molecule has 0 bridgehead atoms. The molecule has 4 heteroatoms. The van der Waals surface area contributed by atoms with Crippen molar-refractivity contribution >= 4 is 28.0 Å². The summed E-state index contributed by atoms with van der Waals surface area (Å²) in [6.07, 6.45) is 2.62. The van der Waals surface area contributed by atoms with Gasteiger partial charge in [0.25, 0.3) is 0 Å². The Kier molecular flexibility index (Phi) is 4.96. The number of carboxylic acids is 1. The van der Waals surface area contributed by atoms with E-state index in [2.05, 4.69) is 15.9 Å². The molecule has 0 atom stereocenters. The molecule has 20 heavy (non-hydrogen) atoms. The molecule has 0 aliphatic heterocycles. The van der Waals surface area contributed by atoms with E-state index in [4.69, 9.17) is 9.84 Å². The Morgan fingerprint density at radius 2 is 2.00 bits per heavy atom. The van der Waals surface area contributed by atoms with Gasteiger partial charge in [0.2, 0.25) is 0 Å². The maximum absolute atomic E-state index is 10.6. The molecule has 2 rings (SSSR count). The first kappa shape index (κ1) is 14.3. The monoisotopic (exact) mass is 332 g/mol. The zero-order chi connectivity index (χ0) is 14.4.